The fourth-order valence-corrected chi connectivity index (χ4v) is 2.47. The van der Waals surface area contributed by atoms with Crippen LogP contribution in [0, 0.1) is 0 Å². The molecule has 98 valence electrons. The topological polar surface area (TPSA) is 94.9 Å². The van der Waals surface area contributed by atoms with Gasteiger partial charge in [-0.3, -0.25) is 4.79 Å². The van der Waals surface area contributed by atoms with Crippen LogP contribution in [-0.2, 0) is 5.75 Å². The average Bonchev–Trinajstić information content (AvgIpc) is 2.36. The van der Waals surface area contributed by atoms with Crippen LogP contribution in [0.4, 0.5) is 5.82 Å². The molecule has 1 heterocycles. The average molecular weight is 295 g/mol. The van der Waals surface area contributed by atoms with Crippen LogP contribution in [0.2, 0.25) is 5.02 Å². The maximum atomic E-state index is 11.0. The van der Waals surface area contributed by atoms with Crippen LogP contribution in [0.5, 0.6) is 0 Å². The van der Waals surface area contributed by atoms with Gasteiger partial charge in [0, 0.05) is 16.1 Å². The summed E-state index contributed by atoms with van der Waals surface area (Å²) >= 11 is 7.42. The summed E-state index contributed by atoms with van der Waals surface area (Å²) in [6, 6.07) is 7.48. The third kappa shape index (κ3) is 3.59. The molecule has 5 nitrogen and oxygen atoms in total. The third-order valence-electron chi connectivity index (χ3n) is 2.30. The lowest BCUT2D eigenvalue weighted by Crippen LogP contribution is -2.15. The molecule has 0 spiro atoms. The quantitative estimate of drug-likeness (QED) is 0.842. The van der Waals surface area contributed by atoms with Crippen LogP contribution >= 0.6 is 23.4 Å². The molecule has 0 aliphatic carbocycles. The molecule has 19 heavy (non-hydrogen) atoms. The Labute approximate surface area is 119 Å². The fourth-order valence-electron chi connectivity index (χ4n) is 1.40. The van der Waals surface area contributed by atoms with E-state index in [1.165, 1.54) is 18.0 Å². The van der Waals surface area contributed by atoms with Crippen molar-refractivity contribution in [3.05, 3.63) is 46.9 Å². The van der Waals surface area contributed by atoms with Crippen molar-refractivity contribution < 1.29 is 4.79 Å². The van der Waals surface area contributed by atoms with E-state index in [1.54, 1.807) is 0 Å². The number of hydrogen-bond donors (Lipinski definition) is 2. The van der Waals surface area contributed by atoms with E-state index < -0.39 is 5.91 Å². The van der Waals surface area contributed by atoms with Gasteiger partial charge in [-0.1, -0.05) is 17.7 Å². The van der Waals surface area contributed by atoms with Crippen molar-refractivity contribution in [2.24, 2.45) is 5.73 Å². The van der Waals surface area contributed by atoms with Gasteiger partial charge in [0.15, 0.2) is 0 Å². The van der Waals surface area contributed by atoms with Crippen molar-refractivity contribution in [1.82, 2.24) is 9.97 Å². The molecule has 1 aromatic carbocycles. The summed E-state index contributed by atoms with van der Waals surface area (Å²) in [7, 11) is 0. The number of rotatable bonds is 4. The number of nitrogen functional groups attached to an aromatic ring is 1. The van der Waals surface area contributed by atoms with Gasteiger partial charge in [0.25, 0.3) is 5.91 Å². The molecule has 2 aromatic rings. The fraction of sp³-hybridized carbons (Fsp3) is 0.0833. The molecule has 0 unspecified atom stereocenters. The van der Waals surface area contributed by atoms with E-state index in [0.717, 1.165) is 4.90 Å². The van der Waals surface area contributed by atoms with Crippen molar-refractivity contribution in [2.75, 3.05) is 5.73 Å². The standard InChI is InChI=1S/C12H11ClN4OS/c13-7-2-1-3-8(4-7)19-6-10-16-5-9(12(15)18)11(14)17-10/h1-5H,6H2,(H2,15,18)(H2,14,16,17). The first-order valence-electron chi connectivity index (χ1n) is 5.36. The Kier molecular flexibility index (Phi) is 4.24. The number of benzene rings is 1. The molecule has 0 aliphatic heterocycles. The highest BCUT2D eigenvalue weighted by atomic mass is 35.5. The van der Waals surface area contributed by atoms with Gasteiger partial charge in [0.2, 0.25) is 0 Å². The Morgan fingerprint density at radius 2 is 2.21 bits per heavy atom. The van der Waals surface area contributed by atoms with Crippen LogP contribution < -0.4 is 11.5 Å². The molecule has 0 bridgehead atoms. The van der Waals surface area contributed by atoms with Gasteiger partial charge in [-0.2, -0.15) is 0 Å². The Morgan fingerprint density at radius 1 is 1.42 bits per heavy atom. The zero-order valence-corrected chi connectivity index (χ0v) is 11.4. The number of halogens is 1. The van der Waals surface area contributed by atoms with Gasteiger partial charge in [0.05, 0.1) is 11.3 Å². The number of carbonyl (C=O) groups is 1. The maximum absolute atomic E-state index is 11.0. The maximum Gasteiger partial charge on any atom is 0.254 e. The SMILES string of the molecule is NC(=O)c1cnc(CSc2cccc(Cl)c2)nc1N. The summed E-state index contributed by atoms with van der Waals surface area (Å²) in [6.45, 7) is 0. The highest BCUT2D eigenvalue weighted by Crippen LogP contribution is 2.24. The van der Waals surface area contributed by atoms with E-state index in [9.17, 15) is 4.79 Å². The molecule has 0 aliphatic rings. The van der Waals surface area contributed by atoms with Crippen molar-refractivity contribution in [3.63, 3.8) is 0 Å². The van der Waals surface area contributed by atoms with E-state index in [4.69, 9.17) is 23.1 Å². The largest absolute Gasteiger partial charge is 0.383 e. The molecule has 4 N–H and O–H groups in total. The summed E-state index contributed by atoms with van der Waals surface area (Å²) in [5, 5.41) is 0.675. The smallest absolute Gasteiger partial charge is 0.254 e. The predicted molar refractivity (Wildman–Crippen MR) is 76.0 cm³/mol. The second-order valence-electron chi connectivity index (χ2n) is 3.70. The van der Waals surface area contributed by atoms with E-state index in [-0.39, 0.29) is 11.4 Å². The molecule has 2 rings (SSSR count). The lowest BCUT2D eigenvalue weighted by Gasteiger charge is -2.04. The molecule has 0 radical (unpaired) electrons. The van der Waals surface area contributed by atoms with Gasteiger partial charge in [-0.25, -0.2) is 9.97 Å². The third-order valence-corrected chi connectivity index (χ3v) is 3.52. The second-order valence-corrected chi connectivity index (χ2v) is 5.18. The van der Waals surface area contributed by atoms with Crippen LogP contribution in [-0.4, -0.2) is 15.9 Å². The molecule has 0 fully saturated rings. The van der Waals surface area contributed by atoms with Gasteiger partial charge in [0.1, 0.15) is 11.6 Å². The summed E-state index contributed by atoms with van der Waals surface area (Å²) in [6.07, 6.45) is 1.35. The summed E-state index contributed by atoms with van der Waals surface area (Å²) < 4.78 is 0. The van der Waals surface area contributed by atoms with E-state index >= 15 is 0 Å². The number of nitrogens with zero attached hydrogens (tertiary/aromatic N) is 2. The Hall–Kier alpha value is -1.79. The molecule has 7 heteroatoms. The number of aromatic nitrogens is 2. The van der Waals surface area contributed by atoms with E-state index in [1.807, 2.05) is 24.3 Å². The number of anilines is 1. The lowest BCUT2D eigenvalue weighted by molar-refractivity contribution is 0.100. The highest BCUT2D eigenvalue weighted by molar-refractivity contribution is 7.98. The summed E-state index contributed by atoms with van der Waals surface area (Å²) in [4.78, 5) is 20.1. The zero-order valence-electron chi connectivity index (χ0n) is 9.84. The van der Waals surface area contributed by atoms with E-state index in [2.05, 4.69) is 9.97 Å². The molecule has 1 amide bonds. The molecular weight excluding hydrogens is 284 g/mol. The van der Waals surface area contributed by atoms with Crippen LogP contribution in [0.1, 0.15) is 16.2 Å². The monoisotopic (exact) mass is 294 g/mol. The minimum atomic E-state index is -0.633. The first-order valence-corrected chi connectivity index (χ1v) is 6.72. The van der Waals surface area contributed by atoms with E-state index in [0.29, 0.717) is 16.6 Å². The summed E-state index contributed by atoms with van der Waals surface area (Å²) in [5.41, 5.74) is 10.9. The van der Waals surface area contributed by atoms with Crippen molar-refractivity contribution >= 4 is 35.1 Å². The molecule has 0 saturated heterocycles. The van der Waals surface area contributed by atoms with Crippen molar-refractivity contribution in [2.45, 2.75) is 10.6 Å². The number of amides is 1. The number of nitrogens with two attached hydrogens (primary N) is 2. The van der Waals surface area contributed by atoms with Crippen LogP contribution in [0.3, 0.4) is 0 Å². The first-order chi connectivity index (χ1) is 9.06. The van der Waals surface area contributed by atoms with Gasteiger partial charge >= 0.3 is 0 Å². The summed E-state index contributed by atoms with van der Waals surface area (Å²) in [5.74, 6) is 0.534. The number of hydrogen-bond acceptors (Lipinski definition) is 5. The zero-order chi connectivity index (χ0) is 13.8. The molecular formula is C12H11ClN4OS. The van der Waals surface area contributed by atoms with Crippen LogP contribution in [0.25, 0.3) is 0 Å². The number of primary amides is 1. The van der Waals surface area contributed by atoms with Gasteiger partial charge in [-0.05, 0) is 18.2 Å². The van der Waals surface area contributed by atoms with Gasteiger partial charge < -0.3 is 11.5 Å². The minimum absolute atomic E-state index is 0.101. The molecule has 0 saturated carbocycles. The minimum Gasteiger partial charge on any atom is -0.383 e. The highest BCUT2D eigenvalue weighted by Gasteiger charge is 2.09. The normalized spacial score (nSPS) is 10.4. The first kappa shape index (κ1) is 13.6. The molecule has 0 atom stereocenters. The Balaban J connectivity index is 2.08. The van der Waals surface area contributed by atoms with Crippen LogP contribution in [0.15, 0.2) is 35.4 Å². The lowest BCUT2D eigenvalue weighted by atomic mass is 10.3. The Morgan fingerprint density at radius 3 is 2.84 bits per heavy atom. The van der Waals surface area contributed by atoms with Crippen molar-refractivity contribution in [1.29, 1.82) is 0 Å². The Bertz CT molecular complexity index is 620. The number of thioether (sulfide) groups is 1. The number of carbonyl (C=O) groups excluding carboxylic acids is 1. The molecule has 1 aromatic heterocycles. The predicted octanol–water partition coefficient (Wildman–Crippen LogP) is 2.10. The van der Waals surface area contributed by atoms with Crippen molar-refractivity contribution in [3.8, 4) is 0 Å². The van der Waals surface area contributed by atoms with Gasteiger partial charge in [-0.15, -0.1) is 11.8 Å². The second kappa shape index (κ2) is 5.90.